The first-order valence-electron chi connectivity index (χ1n) is 8.39. The maximum Gasteiger partial charge on any atom is 0.166 e. The molecule has 0 amide bonds. The zero-order valence-corrected chi connectivity index (χ0v) is 15.6. The van der Waals surface area contributed by atoms with Crippen molar-refractivity contribution in [2.45, 2.75) is 46.4 Å². The summed E-state index contributed by atoms with van der Waals surface area (Å²) in [7, 11) is 0. The summed E-state index contributed by atoms with van der Waals surface area (Å²) in [6.07, 6.45) is 1.10. The van der Waals surface area contributed by atoms with Crippen LogP contribution in [0, 0.1) is 0 Å². The van der Waals surface area contributed by atoms with Gasteiger partial charge in [-0.15, -0.1) is 12.4 Å². The fourth-order valence-electron chi connectivity index (χ4n) is 2.29. The Morgan fingerprint density at radius 1 is 0.958 bits per heavy atom. The summed E-state index contributed by atoms with van der Waals surface area (Å²) in [5, 5.41) is 3.52. The molecule has 2 aromatic carbocycles. The Morgan fingerprint density at radius 3 is 2.38 bits per heavy atom. The van der Waals surface area contributed by atoms with Crippen LogP contribution in [0.3, 0.4) is 0 Å². The molecule has 24 heavy (non-hydrogen) atoms. The summed E-state index contributed by atoms with van der Waals surface area (Å²) in [5.41, 5.74) is 2.28. The van der Waals surface area contributed by atoms with Crippen molar-refractivity contribution in [3.8, 4) is 11.5 Å². The number of hydrogen-bond acceptors (Lipinski definition) is 3. The van der Waals surface area contributed by atoms with E-state index in [1.165, 1.54) is 0 Å². The Balaban J connectivity index is 0.00000288. The Morgan fingerprint density at radius 2 is 1.71 bits per heavy atom. The lowest BCUT2D eigenvalue weighted by Gasteiger charge is -2.18. The highest BCUT2D eigenvalue weighted by Crippen LogP contribution is 2.32. The molecule has 1 atom stereocenters. The molecule has 2 aromatic rings. The van der Waals surface area contributed by atoms with Crippen molar-refractivity contribution < 1.29 is 9.47 Å². The molecule has 0 aromatic heterocycles. The van der Waals surface area contributed by atoms with Gasteiger partial charge in [0, 0.05) is 18.2 Å². The van der Waals surface area contributed by atoms with Crippen LogP contribution >= 0.6 is 12.4 Å². The third-order valence-corrected chi connectivity index (χ3v) is 3.84. The molecule has 1 N–H and O–H groups in total. The van der Waals surface area contributed by atoms with Crippen LogP contribution < -0.4 is 14.8 Å². The number of halogens is 1. The second-order valence-corrected chi connectivity index (χ2v) is 5.64. The summed E-state index contributed by atoms with van der Waals surface area (Å²) in [4.78, 5) is 0. The van der Waals surface area contributed by atoms with Gasteiger partial charge in [0.05, 0.1) is 6.61 Å². The van der Waals surface area contributed by atoms with E-state index in [1.54, 1.807) is 0 Å². The van der Waals surface area contributed by atoms with Gasteiger partial charge in [-0.25, -0.2) is 0 Å². The van der Waals surface area contributed by atoms with E-state index in [0.717, 1.165) is 35.6 Å². The second-order valence-electron chi connectivity index (χ2n) is 5.64. The van der Waals surface area contributed by atoms with Gasteiger partial charge in [-0.2, -0.15) is 0 Å². The molecule has 0 heterocycles. The highest BCUT2D eigenvalue weighted by molar-refractivity contribution is 5.85. The van der Waals surface area contributed by atoms with Crippen molar-refractivity contribution in [1.82, 2.24) is 5.32 Å². The molecule has 0 spiro atoms. The first-order valence-corrected chi connectivity index (χ1v) is 8.39. The van der Waals surface area contributed by atoms with E-state index in [0.29, 0.717) is 19.3 Å². The Labute approximate surface area is 151 Å². The molecular weight excluding hydrogens is 322 g/mol. The van der Waals surface area contributed by atoms with Crippen LogP contribution in [-0.4, -0.2) is 12.6 Å². The van der Waals surface area contributed by atoms with Crippen LogP contribution in [0.1, 0.15) is 38.3 Å². The van der Waals surface area contributed by atoms with Crippen LogP contribution in [0.2, 0.25) is 0 Å². The first-order chi connectivity index (χ1) is 11.2. The molecule has 1 unspecified atom stereocenters. The van der Waals surface area contributed by atoms with Crippen molar-refractivity contribution >= 4 is 12.4 Å². The zero-order chi connectivity index (χ0) is 16.5. The fraction of sp³-hybridized carbons (Fsp3) is 0.400. The number of para-hydroxylation sites is 1. The van der Waals surface area contributed by atoms with E-state index in [2.05, 4.69) is 37.4 Å². The summed E-state index contributed by atoms with van der Waals surface area (Å²) in [6.45, 7) is 8.31. The zero-order valence-electron chi connectivity index (χ0n) is 14.7. The first kappa shape index (κ1) is 20.3. The van der Waals surface area contributed by atoms with Gasteiger partial charge >= 0.3 is 0 Å². The quantitative estimate of drug-likeness (QED) is 0.693. The smallest absolute Gasteiger partial charge is 0.166 e. The lowest BCUT2D eigenvalue weighted by atomic mass is 10.1. The maximum atomic E-state index is 6.11. The lowest BCUT2D eigenvalue weighted by molar-refractivity contribution is 0.265. The number of ether oxygens (including phenoxy) is 2. The average Bonchev–Trinajstić information content (AvgIpc) is 2.60. The van der Waals surface area contributed by atoms with Crippen LogP contribution in [0.5, 0.6) is 11.5 Å². The number of benzene rings is 2. The van der Waals surface area contributed by atoms with Crippen LogP contribution in [0.25, 0.3) is 0 Å². The van der Waals surface area contributed by atoms with Gasteiger partial charge in [0.2, 0.25) is 0 Å². The molecule has 0 saturated heterocycles. The molecule has 0 aliphatic carbocycles. The summed E-state index contributed by atoms with van der Waals surface area (Å²) in [6, 6.07) is 16.8. The predicted molar refractivity (Wildman–Crippen MR) is 102 cm³/mol. The molecule has 0 saturated carbocycles. The molecule has 0 aliphatic rings. The van der Waals surface area contributed by atoms with E-state index >= 15 is 0 Å². The highest BCUT2D eigenvalue weighted by atomic mass is 35.5. The Bertz CT molecular complexity index is 589. The van der Waals surface area contributed by atoms with E-state index in [1.807, 2.05) is 37.3 Å². The molecule has 2 rings (SSSR count). The highest BCUT2D eigenvalue weighted by Gasteiger charge is 2.12. The largest absolute Gasteiger partial charge is 0.490 e. The van der Waals surface area contributed by atoms with Crippen molar-refractivity contribution in [2.75, 3.05) is 6.61 Å². The van der Waals surface area contributed by atoms with Crippen LogP contribution in [0.4, 0.5) is 0 Å². The Hall–Kier alpha value is -1.71. The molecule has 0 bridgehead atoms. The molecular formula is C20H28ClNO2. The fourth-order valence-corrected chi connectivity index (χ4v) is 2.29. The standard InChI is InChI=1S/C20H27NO2.ClH/c1-4-16(3)21-14-18-12-9-13-19(22-5-2)20(18)23-15-17-10-7-6-8-11-17;/h6-13,16,21H,4-5,14-15H2,1-3H3;1H. The molecule has 3 nitrogen and oxygen atoms in total. The summed E-state index contributed by atoms with van der Waals surface area (Å²) >= 11 is 0. The molecule has 132 valence electrons. The van der Waals surface area contributed by atoms with E-state index in [9.17, 15) is 0 Å². The minimum absolute atomic E-state index is 0. The normalized spacial score (nSPS) is 11.5. The second kappa shape index (κ2) is 11.0. The van der Waals surface area contributed by atoms with Crippen molar-refractivity contribution in [3.05, 3.63) is 59.7 Å². The van der Waals surface area contributed by atoms with Gasteiger partial charge < -0.3 is 14.8 Å². The van der Waals surface area contributed by atoms with Gasteiger partial charge in [0.15, 0.2) is 11.5 Å². The molecule has 0 radical (unpaired) electrons. The minimum Gasteiger partial charge on any atom is -0.490 e. The monoisotopic (exact) mass is 349 g/mol. The third kappa shape index (κ3) is 6.06. The van der Waals surface area contributed by atoms with Crippen LogP contribution in [0.15, 0.2) is 48.5 Å². The third-order valence-electron chi connectivity index (χ3n) is 3.84. The minimum atomic E-state index is 0. The Kier molecular flexibility index (Phi) is 9.28. The van der Waals surface area contributed by atoms with Crippen LogP contribution in [-0.2, 0) is 13.2 Å². The number of hydrogen-bond donors (Lipinski definition) is 1. The lowest BCUT2D eigenvalue weighted by Crippen LogP contribution is -2.24. The van der Waals surface area contributed by atoms with Crippen molar-refractivity contribution in [1.29, 1.82) is 0 Å². The summed E-state index contributed by atoms with van der Waals surface area (Å²) in [5.74, 6) is 1.65. The maximum absolute atomic E-state index is 6.11. The van der Waals surface area contributed by atoms with Crippen molar-refractivity contribution in [2.24, 2.45) is 0 Å². The van der Waals surface area contributed by atoms with Gasteiger partial charge in [-0.3, -0.25) is 0 Å². The average molecular weight is 350 g/mol. The van der Waals surface area contributed by atoms with E-state index < -0.39 is 0 Å². The number of nitrogens with one attached hydrogen (secondary N) is 1. The predicted octanol–water partition coefficient (Wildman–Crippen LogP) is 4.97. The number of rotatable bonds is 9. The molecule has 0 fully saturated rings. The molecule has 0 aliphatic heterocycles. The SMILES string of the molecule is CCOc1cccc(CNC(C)CC)c1OCc1ccccc1.Cl. The summed E-state index contributed by atoms with van der Waals surface area (Å²) < 4.78 is 11.9. The van der Waals surface area contributed by atoms with Gasteiger partial charge in [0.1, 0.15) is 6.61 Å². The van der Waals surface area contributed by atoms with Gasteiger partial charge in [0.25, 0.3) is 0 Å². The van der Waals surface area contributed by atoms with Gasteiger partial charge in [-0.05, 0) is 31.9 Å². The molecule has 4 heteroatoms. The van der Waals surface area contributed by atoms with Gasteiger partial charge in [-0.1, -0.05) is 49.4 Å². The van der Waals surface area contributed by atoms with E-state index in [4.69, 9.17) is 9.47 Å². The topological polar surface area (TPSA) is 30.5 Å². The van der Waals surface area contributed by atoms with E-state index in [-0.39, 0.29) is 12.4 Å². The van der Waals surface area contributed by atoms with Crippen molar-refractivity contribution in [3.63, 3.8) is 0 Å².